The summed E-state index contributed by atoms with van der Waals surface area (Å²) >= 11 is 6.65. The van der Waals surface area contributed by atoms with E-state index in [2.05, 4.69) is 0 Å². The Morgan fingerprint density at radius 2 is 2.36 bits per heavy atom. The molecule has 0 spiro atoms. The summed E-state index contributed by atoms with van der Waals surface area (Å²) in [5.41, 5.74) is 0. The molecule has 0 amide bonds. The number of thiophene rings is 1. The van der Waals surface area contributed by atoms with Crippen LogP contribution >= 0.6 is 22.9 Å². The molecule has 0 aromatic carbocycles. The minimum absolute atomic E-state index is 0.117. The smallest absolute Gasteiger partial charge is 0.349 e. The van der Waals surface area contributed by atoms with Gasteiger partial charge in [-0.1, -0.05) is 11.6 Å². The molecule has 0 fully saturated rings. The fourth-order valence-corrected chi connectivity index (χ4v) is 1.83. The van der Waals surface area contributed by atoms with Crippen LogP contribution in [0.3, 0.4) is 0 Å². The van der Waals surface area contributed by atoms with Crippen molar-refractivity contribution in [3.8, 4) is 5.75 Å². The minimum atomic E-state index is -1.03. The molecule has 1 aromatic heterocycles. The molecule has 4 nitrogen and oxygen atoms in total. The molecule has 0 aliphatic heterocycles. The Labute approximate surface area is 90.0 Å². The van der Waals surface area contributed by atoms with Crippen molar-refractivity contribution in [3.63, 3.8) is 0 Å². The largest absolute Gasteiger partial charge is 0.489 e. The van der Waals surface area contributed by atoms with Crippen LogP contribution in [0.15, 0.2) is 6.07 Å². The number of carboxylic acids is 1. The molecule has 0 unspecified atom stereocenters. The van der Waals surface area contributed by atoms with Gasteiger partial charge in [-0.15, -0.1) is 11.3 Å². The molecule has 0 saturated heterocycles. The Morgan fingerprint density at radius 3 is 2.93 bits per heavy atom. The van der Waals surface area contributed by atoms with Crippen molar-refractivity contribution in [2.75, 3.05) is 20.3 Å². The summed E-state index contributed by atoms with van der Waals surface area (Å²) < 4.78 is 10.3. The van der Waals surface area contributed by atoms with Crippen molar-refractivity contribution in [2.45, 2.75) is 0 Å². The molecule has 14 heavy (non-hydrogen) atoms. The van der Waals surface area contributed by atoms with Crippen LogP contribution in [0.1, 0.15) is 9.67 Å². The summed E-state index contributed by atoms with van der Waals surface area (Å²) in [5.74, 6) is -0.737. The molecule has 1 rings (SSSR count). The number of hydrogen-bond acceptors (Lipinski definition) is 4. The molecule has 78 valence electrons. The highest BCUT2D eigenvalue weighted by Crippen LogP contribution is 2.32. The number of ether oxygens (including phenoxy) is 2. The lowest BCUT2D eigenvalue weighted by molar-refractivity contribution is 0.0695. The first-order valence-electron chi connectivity index (χ1n) is 3.79. The van der Waals surface area contributed by atoms with Crippen molar-refractivity contribution in [1.29, 1.82) is 0 Å². The number of halogens is 1. The summed E-state index contributed by atoms with van der Waals surface area (Å²) in [6, 6.07) is 1.49. The SMILES string of the molecule is COCCOc1cc(Cl)sc1C(=O)O. The summed E-state index contributed by atoms with van der Waals surface area (Å²) in [6.45, 7) is 0.719. The number of rotatable bonds is 5. The first kappa shape index (κ1) is 11.3. The fraction of sp³-hybridized carbons (Fsp3) is 0.375. The van der Waals surface area contributed by atoms with E-state index in [1.54, 1.807) is 7.11 Å². The second-order valence-corrected chi connectivity index (χ2v) is 4.07. The second kappa shape index (κ2) is 5.19. The van der Waals surface area contributed by atoms with Gasteiger partial charge in [0.1, 0.15) is 12.4 Å². The van der Waals surface area contributed by atoms with Gasteiger partial charge in [-0.2, -0.15) is 0 Å². The standard InChI is InChI=1S/C8H9ClO4S/c1-12-2-3-13-5-4-6(9)14-7(5)8(10)11/h4H,2-3H2,1H3,(H,10,11). The monoisotopic (exact) mass is 236 g/mol. The number of carbonyl (C=O) groups is 1. The van der Waals surface area contributed by atoms with Crippen molar-refractivity contribution < 1.29 is 19.4 Å². The van der Waals surface area contributed by atoms with E-state index in [1.165, 1.54) is 6.07 Å². The first-order chi connectivity index (χ1) is 6.65. The lowest BCUT2D eigenvalue weighted by Crippen LogP contribution is -2.06. The Bertz CT molecular complexity index is 323. The van der Waals surface area contributed by atoms with Crippen molar-refractivity contribution in [2.24, 2.45) is 0 Å². The fourth-order valence-electron chi connectivity index (χ4n) is 0.837. The summed E-state index contributed by atoms with van der Waals surface area (Å²) in [6.07, 6.45) is 0. The predicted octanol–water partition coefficient (Wildman–Crippen LogP) is 2.12. The van der Waals surface area contributed by atoms with E-state index in [9.17, 15) is 4.79 Å². The van der Waals surface area contributed by atoms with Gasteiger partial charge in [0.25, 0.3) is 0 Å². The zero-order valence-electron chi connectivity index (χ0n) is 7.45. The third-order valence-corrected chi connectivity index (χ3v) is 2.64. The van der Waals surface area contributed by atoms with Gasteiger partial charge in [0, 0.05) is 13.2 Å². The third-order valence-electron chi connectivity index (χ3n) is 1.41. The van der Waals surface area contributed by atoms with Crippen LogP contribution in [0.25, 0.3) is 0 Å². The molecule has 1 aromatic rings. The summed E-state index contributed by atoms with van der Waals surface area (Å²) in [5, 5.41) is 8.78. The van der Waals surface area contributed by atoms with Gasteiger partial charge in [0.2, 0.25) is 0 Å². The van der Waals surface area contributed by atoms with Gasteiger partial charge in [0.15, 0.2) is 4.88 Å². The highest BCUT2D eigenvalue weighted by atomic mass is 35.5. The van der Waals surface area contributed by atoms with Crippen molar-refractivity contribution in [1.82, 2.24) is 0 Å². The Kier molecular flexibility index (Phi) is 4.19. The molecule has 0 atom stereocenters. The van der Waals surface area contributed by atoms with Crippen LogP contribution < -0.4 is 4.74 Å². The molecule has 0 aliphatic carbocycles. The first-order valence-corrected chi connectivity index (χ1v) is 4.99. The quantitative estimate of drug-likeness (QED) is 0.796. The Morgan fingerprint density at radius 1 is 1.64 bits per heavy atom. The zero-order chi connectivity index (χ0) is 10.6. The average Bonchev–Trinajstić information content (AvgIpc) is 2.47. The van der Waals surface area contributed by atoms with Gasteiger partial charge in [-0.25, -0.2) is 4.79 Å². The van der Waals surface area contributed by atoms with Gasteiger partial charge in [-0.05, 0) is 0 Å². The average molecular weight is 237 g/mol. The van der Waals surface area contributed by atoms with E-state index in [0.29, 0.717) is 23.3 Å². The molecule has 1 heterocycles. The van der Waals surface area contributed by atoms with E-state index in [0.717, 1.165) is 11.3 Å². The van der Waals surface area contributed by atoms with Crippen molar-refractivity contribution in [3.05, 3.63) is 15.3 Å². The zero-order valence-corrected chi connectivity index (χ0v) is 9.02. The van der Waals surface area contributed by atoms with E-state index in [1.807, 2.05) is 0 Å². The van der Waals surface area contributed by atoms with Crippen LogP contribution in [0, 0.1) is 0 Å². The summed E-state index contributed by atoms with van der Waals surface area (Å²) in [7, 11) is 1.54. The predicted molar refractivity (Wildman–Crippen MR) is 53.7 cm³/mol. The lowest BCUT2D eigenvalue weighted by Gasteiger charge is -2.03. The molecule has 6 heteroatoms. The van der Waals surface area contributed by atoms with Crippen LogP contribution in [0.2, 0.25) is 4.34 Å². The third kappa shape index (κ3) is 2.87. The molecule has 0 bridgehead atoms. The Balaban J connectivity index is 2.69. The lowest BCUT2D eigenvalue weighted by atomic mass is 10.4. The van der Waals surface area contributed by atoms with E-state index < -0.39 is 5.97 Å². The maximum Gasteiger partial charge on any atom is 0.349 e. The highest BCUT2D eigenvalue weighted by molar-refractivity contribution is 7.18. The van der Waals surface area contributed by atoms with Gasteiger partial charge < -0.3 is 14.6 Å². The maximum absolute atomic E-state index is 10.7. The molecule has 0 aliphatic rings. The van der Waals surface area contributed by atoms with Gasteiger partial charge >= 0.3 is 5.97 Å². The maximum atomic E-state index is 10.7. The topological polar surface area (TPSA) is 55.8 Å². The molecular weight excluding hydrogens is 228 g/mol. The van der Waals surface area contributed by atoms with E-state index in [-0.39, 0.29) is 4.88 Å². The van der Waals surface area contributed by atoms with E-state index in [4.69, 9.17) is 26.2 Å². The number of methoxy groups -OCH3 is 1. The molecular formula is C8H9ClO4S. The number of hydrogen-bond donors (Lipinski definition) is 1. The van der Waals surface area contributed by atoms with Gasteiger partial charge in [-0.3, -0.25) is 0 Å². The van der Waals surface area contributed by atoms with Crippen LogP contribution in [0.4, 0.5) is 0 Å². The van der Waals surface area contributed by atoms with Crippen LogP contribution in [-0.2, 0) is 4.74 Å². The summed E-state index contributed by atoms with van der Waals surface area (Å²) in [4.78, 5) is 10.8. The molecule has 0 radical (unpaired) electrons. The minimum Gasteiger partial charge on any atom is -0.489 e. The normalized spacial score (nSPS) is 10.1. The molecule has 0 saturated carbocycles. The second-order valence-electron chi connectivity index (χ2n) is 2.39. The highest BCUT2D eigenvalue weighted by Gasteiger charge is 2.15. The number of carboxylic acid groups (broad SMARTS) is 1. The van der Waals surface area contributed by atoms with Gasteiger partial charge in [0.05, 0.1) is 10.9 Å². The Hall–Kier alpha value is -0.780. The van der Waals surface area contributed by atoms with Crippen LogP contribution in [-0.4, -0.2) is 31.4 Å². The molecule has 1 N–H and O–H groups in total. The van der Waals surface area contributed by atoms with E-state index >= 15 is 0 Å². The van der Waals surface area contributed by atoms with Crippen LogP contribution in [0.5, 0.6) is 5.75 Å². The van der Waals surface area contributed by atoms with Crippen molar-refractivity contribution >= 4 is 28.9 Å². The number of aromatic carboxylic acids is 1.